The molecule has 0 radical (unpaired) electrons. The first kappa shape index (κ1) is 13.6. The minimum absolute atomic E-state index is 0.0683. The molecule has 0 bridgehead atoms. The molecule has 1 aliphatic carbocycles. The predicted molar refractivity (Wildman–Crippen MR) is 66.1 cm³/mol. The van der Waals surface area contributed by atoms with E-state index in [0.717, 1.165) is 0 Å². The van der Waals surface area contributed by atoms with Gasteiger partial charge in [-0.2, -0.15) is 0 Å². The Morgan fingerprint density at radius 3 is 2.61 bits per heavy atom. The van der Waals surface area contributed by atoms with Crippen LogP contribution >= 0.6 is 15.9 Å². The number of Topliss-reactive ketones (excluding diaryl/α,β-unsaturated/α-hetero) is 1. The molecule has 0 heterocycles. The van der Waals surface area contributed by atoms with E-state index in [2.05, 4.69) is 15.9 Å². The van der Waals surface area contributed by atoms with Gasteiger partial charge in [0.2, 0.25) is 0 Å². The van der Waals surface area contributed by atoms with Crippen LogP contribution in [0.5, 0.6) is 0 Å². The molecule has 0 N–H and O–H groups in total. The number of carbonyl (C=O) groups is 1. The summed E-state index contributed by atoms with van der Waals surface area (Å²) in [5.74, 6) is -1.00. The lowest BCUT2D eigenvalue weighted by Gasteiger charge is -2.21. The van der Waals surface area contributed by atoms with E-state index < -0.39 is 11.6 Å². The van der Waals surface area contributed by atoms with Crippen molar-refractivity contribution < 1.29 is 18.3 Å². The first-order valence-electron chi connectivity index (χ1n) is 5.83. The molecule has 0 amide bonds. The zero-order valence-corrected chi connectivity index (χ0v) is 11.3. The van der Waals surface area contributed by atoms with Gasteiger partial charge in [-0.05, 0) is 40.9 Å². The van der Waals surface area contributed by atoms with E-state index in [4.69, 9.17) is 4.74 Å². The number of rotatable bonds is 3. The third kappa shape index (κ3) is 3.14. The minimum atomic E-state index is -0.623. The molecule has 0 spiro atoms. The van der Waals surface area contributed by atoms with Gasteiger partial charge in [0.25, 0.3) is 0 Å². The van der Waals surface area contributed by atoms with Gasteiger partial charge in [-0.3, -0.25) is 4.79 Å². The van der Waals surface area contributed by atoms with Gasteiger partial charge in [0, 0.05) is 12.8 Å². The van der Waals surface area contributed by atoms with E-state index >= 15 is 0 Å². The highest BCUT2D eigenvalue weighted by Crippen LogP contribution is 2.24. The summed E-state index contributed by atoms with van der Waals surface area (Å²) in [5.41, 5.74) is -0.0683. The molecule has 0 aromatic heterocycles. The number of hydrogen-bond acceptors (Lipinski definition) is 2. The number of carbonyl (C=O) groups excluding carboxylic acids is 1. The van der Waals surface area contributed by atoms with Crippen LogP contribution in [0.15, 0.2) is 16.6 Å². The lowest BCUT2D eigenvalue weighted by Crippen LogP contribution is -2.21. The van der Waals surface area contributed by atoms with E-state index in [1.165, 1.54) is 12.1 Å². The fourth-order valence-corrected chi connectivity index (χ4v) is 2.35. The highest BCUT2D eigenvalue weighted by Gasteiger charge is 2.20. The Morgan fingerprint density at radius 1 is 1.28 bits per heavy atom. The van der Waals surface area contributed by atoms with E-state index in [-0.39, 0.29) is 28.5 Å². The van der Waals surface area contributed by atoms with Crippen molar-refractivity contribution in [2.24, 2.45) is 0 Å². The van der Waals surface area contributed by atoms with Crippen LogP contribution in [0.25, 0.3) is 0 Å². The molecule has 0 unspecified atom stereocenters. The fraction of sp³-hybridized carbons (Fsp3) is 0.462. The van der Waals surface area contributed by atoms with Crippen molar-refractivity contribution in [1.29, 1.82) is 0 Å². The van der Waals surface area contributed by atoms with Crippen molar-refractivity contribution in [2.45, 2.75) is 38.4 Å². The van der Waals surface area contributed by atoms with Gasteiger partial charge in [0.15, 0.2) is 0 Å². The van der Waals surface area contributed by atoms with Crippen LogP contribution in [0.4, 0.5) is 8.78 Å². The van der Waals surface area contributed by atoms with Crippen LogP contribution in [-0.2, 0) is 16.1 Å². The molecule has 98 valence electrons. The quantitative estimate of drug-likeness (QED) is 0.793. The van der Waals surface area contributed by atoms with E-state index in [1.54, 1.807) is 0 Å². The Hall–Kier alpha value is -0.810. The van der Waals surface area contributed by atoms with Gasteiger partial charge in [-0.15, -0.1) is 0 Å². The zero-order chi connectivity index (χ0) is 13.1. The molecule has 0 saturated heterocycles. The van der Waals surface area contributed by atoms with Crippen molar-refractivity contribution in [2.75, 3.05) is 0 Å². The van der Waals surface area contributed by atoms with Gasteiger partial charge in [-0.1, -0.05) is 0 Å². The van der Waals surface area contributed by atoms with Crippen molar-refractivity contribution in [1.82, 2.24) is 0 Å². The zero-order valence-electron chi connectivity index (χ0n) is 9.72. The molecule has 5 heteroatoms. The van der Waals surface area contributed by atoms with Crippen molar-refractivity contribution in [3.63, 3.8) is 0 Å². The van der Waals surface area contributed by atoms with Crippen LogP contribution in [0.2, 0.25) is 0 Å². The van der Waals surface area contributed by atoms with E-state index in [0.29, 0.717) is 25.7 Å². The first-order valence-corrected chi connectivity index (χ1v) is 6.63. The summed E-state index contributed by atoms with van der Waals surface area (Å²) in [5, 5.41) is 0. The average Bonchev–Trinajstić information content (AvgIpc) is 2.36. The number of hydrogen-bond donors (Lipinski definition) is 0. The highest BCUT2D eigenvalue weighted by atomic mass is 79.9. The maximum absolute atomic E-state index is 13.7. The third-order valence-corrected chi connectivity index (χ3v) is 3.71. The van der Waals surface area contributed by atoms with Crippen LogP contribution < -0.4 is 0 Å². The summed E-state index contributed by atoms with van der Waals surface area (Å²) in [6.45, 7) is -0.101. The van der Waals surface area contributed by atoms with Gasteiger partial charge in [-0.25, -0.2) is 8.78 Å². The predicted octanol–water partition coefficient (Wildman–Crippen LogP) is 3.76. The molecule has 0 aliphatic heterocycles. The van der Waals surface area contributed by atoms with Gasteiger partial charge in [0.1, 0.15) is 17.4 Å². The summed E-state index contributed by atoms with van der Waals surface area (Å²) < 4.78 is 32.8. The smallest absolute Gasteiger partial charge is 0.145 e. The lowest BCUT2D eigenvalue weighted by molar-refractivity contribution is -0.123. The maximum atomic E-state index is 13.7. The van der Waals surface area contributed by atoms with Crippen LogP contribution in [0.3, 0.4) is 0 Å². The maximum Gasteiger partial charge on any atom is 0.145 e. The second-order valence-electron chi connectivity index (χ2n) is 4.37. The molecule has 18 heavy (non-hydrogen) atoms. The van der Waals surface area contributed by atoms with Crippen LogP contribution in [0.1, 0.15) is 31.2 Å². The Kier molecular flexibility index (Phi) is 4.45. The largest absolute Gasteiger partial charge is 0.373 e. The molecular formula is C13H13BrF2O2. The molecule has 2 rings (SSSR count). The standard InChI is InChI=1S/C13H13BrF2O2/c14-11-5-6-12(15)10(13(11)16)7-18-9-3-1-8(17)2-4-9/h5-6,9H,1-4,7H2. The number of halogens is 3. The van der Waals surface area contributed by atoms with Gasteiger partial charge in [0.05, 0.1) is 22.7 Å². The molecule has 0 atom stereocenters. The van der Waals surface area contributed by atoms with Crippen LogP contribution in [0, 0.1) is 11.6 Å². The van der Waals surface area contributed by atoms with Crippen molar-refractivity contribution in [3.05, 3.63) is 33.8 Å². The topological polar surface area (TPSA) is 26.3 Å². The van der Waals surface area contributed by atoms with Gasteiger partial charge < -0.3 is 4.74 Å². The second kappa shape index (κ2) is 5.89. The molecule has 2 nitrogen and oxygen atoms in total. The molecule has 1 aliphatic rings. The number of ether oxygens (including phenoxy) is 1. The summed E-state index contributed by atoms with van der Waals surface area (Å²) in [6.07, 6.45) is 2.18. The number of ketones is 1. The second-order valence-corrected chi connectivity index (χ2v) is 5.23. The summed E-state index contributed by atoms with van der Waals surface area (Å²) in [6, 6.07) is 2.53. The fourth-order valence-electron chi connectivity index (χ4n) is 1.98. The molecule has 1 aromatic rings. The monoisotopic (exact) mass is 318 g/mol. The average molecular weight is 319 g/mol. The molecular weight excluding hydrogens is 306 g/mol. The van der Waals surface area contributed by atoms with E-state index in [9.17, 15) is 13.6 Å². The lowest BCUT2D eigenvalue weighted by atomic mass is 9.96. The van der Waals surface area contributed by atoms with Crippen molar-refractivity contribution >= 4 is 21.7 Å². The molecule has 1 aromatic carbocycles. The Balaban J connectivity index is 1.98. The minimum Gasteiger partial charge on any atom is -0.373 e. The molecule has 1 saturated carbocycles. The highest BCUT2D eigenvalue weighted by molar-refractivity contribution is 9.10. The van der Waals surface area contributed by atoms with Gasteiger partial charge >= 0.3 is 0 Å². The third-order valence-electron chi connectivity index (χ3n) is 3.09. The summed E-state index contributed by atoms with van der Waals surface area (Å²) in [4.78, 5) is 11.1. The summed E-state index contributed by atoms with van der Waals surface area (Å²) >= 11 is 3.01. The van der Waals surface area contributed by atoms with E-state index in [1.807, 2.05) is 0 Å². The summed E-state index contributed by atoms with van der Waals surface area (Å²) in [7, 11) is 0. The Labute approximate surface area is 112 Å². The Bertz CT molecular complexity index is 453. The first-order chi connectivity index (χ1) is 8.58. The normalized spacial score (nSPS) is 17.2. The Morgan fingerprint density at radius 2 is 1.94 bits per heavy atom. The SMILES string of the molecule is O=C1CCC(OCc2c(F)ccc(Br)c2F)CC1. The van der Waals surface area contributed by atoms with Crippen LogP contribution in [-0.4, -0.2) is 11.9 Å². The molecule has 1 fully saturated rings. The van der Waals surface area contributed by atoms with Crippen molar-refractivity contribution in [3.8, 4) is 0 Å². The number of benzene rings is 1.